The highest BCUT2D eigenvalue weighted by Crippen LogP contribution is 2.36. The fraction of sp³-hybridized carbons (Fsp3) is 0.0435. The van der Waals surface area contributed by atoms with Gasteiger partial charge >= 0.3 is 5.97 Å². The second-order valence-corrected chi connectivity index (χ2v) is 7.19. The molecule has 0 saturated heterocycles. The van der Waals surface area contributed by atoms with E-state index in [1.807, 2.05) is 42.5 Å². The summed E-state index contributed by atoms with van der Waals surface area (Å²) >= 11 is 6.01. The molecule has 0 saturated carbocycles. The third-order valence-corrected chi connectivity index (χ3v) is 5.06. The SMILES string of the molecule is O=C(O)c1ccc(NC2=C[C@H](c3ccc(Cl)cc3)N(c3ccccc3)C2=O)cc1O. The first-order chi connectivity index (χ1) is 14.4. The standard InChI is InChI=1S/C23H17ClN2O4/c24-15-8-6-14(7-9-15)20-13-19(22(28)26(20)17-4-2-1-3-5-17)25-16-10-11-18(23(29)30)21(27)12-16/h1-13,20,25,27H,(H,29,30)/t20-/m1/s1. The number of carboxylic acid groups (broad SMARTS) is 1. The Morgan fingerprint density at radius 1 is 1.00 bits per heavy atom. The van der Waals surface area contributed by atoms with Crippen LogP contribution >= 0.6 is 11.6 Å². The number of carbonyl (C=O) groups excluding carboxylic acids is 1. The highest BCUT2D eigenvalue weighted by atomic mass is 35.5. The number of amides is 1. The Hall–Kier alpha value is -3.77. The van der Waals surface area contributed by atoms with Gasteiger partial charge in [0, 0.05) is 22.5 Å². The van der Waals surface area contributed by atoms with Crippen LogP contribution in [0, 0.1) is 0 Å². The molecule has 3 aromatic carbocycles. The third-order valence-electron chi connectivity index (χ3n) is 4.80. The Kier molecular flexibility index (Phi) is 5.16. The van der Waals surface area contributed by atoms with E-state index >= 15 is 0 Å². The number of anilines is 2. The first kappa shape index (κ1) is 19.5. The van der Waals surface area contributed by atoms with E-state index < -0.39 is 5.97 Å². The van der Waals surface area contributed by atoms with Gasteiger partial charge in [-0.15, -0.1) is 0 Å². The molecule has 0 aliphatic carbocycles. The first-order valence-corrected chi connectivity index (χ1v) is 9.51. The molecule has 3 N–H and O–H groups in total. The number of phenols is 1. The van der Waals surface area contributed by atoms with E-state index in [0.29, 0.717) is 16.4 Å². The van der Waals surface area contributed by atoms with E-state index in [0.717, 1.165) is 11.3 Å². The zero-order valence-electron chi connectivity index (χ0n) is 15.6. The van der Waals surface area contributed by atoms with Crippen molar-refractivity contribution >= 4 is 34.9 Å². The highest BCUT2D eigenvalue weighted by molar-refractivity contribution is 6.30. The van der Waals surface area contributed by atoms with Gasteiger partial charge in [0.25, 0.3) is 5.91 Å². The van der Waals surface area contributed by atoms with E-state index in [2.05, 4.69) is 5.32 Å². The molecule has 30 heavy (non-hydrogen) atoms. The summed E-state index contributed by atoms with van der Waals surface area (Å²) in [6, 6.07) is 20.3. The molecule has 150 valence electrons. The van der Waals surface area contributed by atoms with Crippen LogP contribution in [0.25, 0.3) is 0 Å². The summed E-state index contributed by atoms with van der Waals surface area (Å²) in [5.74, 6) is -1.86. The van der Waals surface area contributed by atoms with Crippen molar-refractivity contribution in [1.29, 1.82) is 0 Å². The van der Waals surface area contributed by atoms with E-state index in [1.165, 1.54) is 18.2 Å². The number of benzene rings is 3. The summed E-state index contributed by atoms with van der Waals surface area (Å²) in [7, 11) is 0. The molecular formula is C23H17ClN2O4. The fourth-order valence-corrected chi connectivity index (χ4v) is 3.50. The second-order valence-electron chi connectivity index (χ2n) is 6.75. The Bertz CT molecular complexity index is 1140. The molecule has 0 spiro atoms. The zero-order valence-corrected chi connectivity index (χ0v) is 16.4. The molecule has 7 heteroatoms. The van der Waals surface area contributed by atoms with E-state index in [-0.39, 0.29) is 23.3 Å². The summed E-state index contributed by atoms with van der Waals surface area (Å²) in [5, 5.41) is 22.6. The summed E-state index contributed by atoms with van der Waals surface area (Å²) in [6.45, 7) is 0. The molecule has 0 fully saturated rings. The van der Waals surface area contributed by atoms with Crippen molar-refractivity contribution in [2.24, 2.45) is 0 Å². The Labute approximate surface area is 177 Å². The van der Waals surface area contributed by atoms with Crippen LogP contribution in [0.1, 0.15) is 22.0 Å². The fourth-order valence-electron chi connectivity index (χ4n) is 3.37. The van der Waals surface area contributed by atoms with Crippen molar-refractivity contribution in [3.63, 3.8) is 0 Å². The number of aromatic carboxylic acids is 1. The van der Waals surface area contributed by atoms with Crippen LogP contribution in [0.3, 0.4) is 0 Å². The summed E-state index contributed by atoms with van der Waals surface area (Å²) in [5.41, 5.74) is 2.14. The van der Waals surface area contributed by atoms with Gasteiger partial charge in [-0.05, 0) is 48.0 Å². The van der Waals surface area contributed by atoms with Crippen LogP contribution in [-0.4, -0.2) is 22.1 Å². The Balaban J connectivity index is 1.70. The zero-order chi connectivity index (χ0) is 21.3. The van der Waals surface area contributed by atoms with Gasteiger partial charge in [0.15, 0.2) is 0 Å². The Morgan fingerprint density at radius 2 is 1.70 bits per heavy atom. The number of aromatic hydroxyl groups is 1. The number of carboxylic acids is 1. The maximum Gasteiger partial charge on any atom is 0.339 e. The molecule has 1 heterocycles. The molecule has 1 aliphatic rings. The maximum atomic E-state index is 13.2. The van der Waals surface area contributed by atoms with Gasteiger partial charge in [-0.2, -0.15) is 0 Å². The normalized spacial score (nSPS) is 15.8. The number of nitrogens with zero attached hydrogens (tertiary/aromatic N) is 1. The lowest BCUT2D eigenvalue weighted by Crippen LogP contribution is -2.30. The predicted molar refractivity (Wildman–Crippen MR) is 115 cm³/mol. The first-order valence-electron chi connectivity index (χ1n) is 9.13. The lowest BCUT2D eigenvalue weighted by molar-refractivity contribution is -0.114. The summed E-state index contributed by atoms with van der Waals surface area (Å²) in [6.07, 6.45) is 1.79. The molecule has 0 unspecified atom stereocenters. The largest absolute Gasteiger partial charge is 0.507 e. The lowest BCUT2D eigenvalue weighted by atomic mass is 10.1. The smallest absolute Gasteiger partial charge is 0.339 e. The number of hydrogen-bond acceptors (Lipinski definition) is 4. The molecule has 6 nitrogen and oxygen atoms in total. The number of nitrogens with one attached hydrogen (secondary N) is 1. The monoisotopic (exact) mass is 420 g/mol. The van der Waals surface area contributed by atoms with Crippen LogP contribution in [0.15, 0.2) is 84.6 Å². The predicted octanol–water partition coefficient (Wildman–Crippen LogP) is 4.83. The molecule has 1 aliphatic heterocycles. The van der Waals surface area contributed by atoms with Crippen molar-refractivity contribution < 1.29 is 19.8 Å². The van der Waals surface area contributed by atoms with Crippen LogP contribution in [0.2, 0.25) is 5.02 Å². The lowest BCUT2D eigenvalue weighted by Gasteiger charge is -2.25. The number of hydrogen-bond donors (Lipinski definition) is 3. The van der Waals surface area contributed by atoms with Crippen LogP contribution < -0.4 is 10.2 Å². The average molecular weight is 421 g/mol. The van der Waals surface area contributed by atoms with Gasteiger partial charge in [0.2, 0.25) is 0 Å². The average Bonchev–Trinajstić information content (AvgIpc) is 3.05. The topological polar surface area (TPSA) is 89.9 Å². The quantitative estimate of drug-likeness (QED) is 0.550. The van der Waals surface area contributed by atoms with E-state index in [4.69, 9.17) is 16.7 Å². The van der Waals surface area contributed by atoms with Crippen molar-refractivity contribution in [3.05, 3.63) is 101 Å². The van der Waals surface area contributed by atoms with Gasteiger partial charge in [-0.25, -0.2) is 4.79 Å². The second kappa shape index (κ2) is 7.93. The van der Waals surface area contributed by atoms with Gasteiger partial charge in [-0.3, -0.25) is 9.69 Å². The van der Waals surface area contributed by atoms with Gasteiger partial charge < -0.3 is 15.5 Å². The molecule has 0 aromatic heterocycles. The van der Waals surface area contributed by atoms with Crippen LogP contribution in [-0.2, 0) is 4.79 Å². The maximum absolute atomic E-state index is 13.2. The number of rotatable bonds is 5. The molecule has 0 bridgehead atoms. The highest BCUT2D eigenvalue weighted by Gasteiger charge is 2.34. The van der Waals surface area contributed by atoms with Crippen molar-refractivity contribution in [2.75, 3.05) is 10.2 Å². The van der Waals surface area contributed by atoms with Crippen molar-refractivity contribution in [2.45, 2.75) is 6.04 Å². The number of carbonyl (C=O) groups is 2. The summed E-state index contributed by atoms with van der Waals surface area (Å²) < 4.78 is 0. The molecule has 3 aromatic rings. The number of halogens is 1. The Morgan fingerprint density at radius 3 is 2.33 bits per heavy atom. The van der Waals surface area contributed by atoms with E-state index in [9.17, 15) is 14.7 Å². The molecule has 4 rings (SSSR count). The summed E-state index contributed by atoms with van der Waals surface area (Å²) in [4.78, 5) is 26.0. The molecule has 1 atom stereocenters. The molecule has 1 amide bonds. The van der Waals surface area contributed by atoms with Crippen LogP contribution in [0.4, 0.5) is 11.4 Å². The van der Waals surface area contributed by atoms with Crippen LogP contribution in [0.5, 0.6) is 5.75 Å². The molecule has 0 radical (unpaired) electrons. The number of para-hydroxylation sites is 1. The molecular weight excluding hydrogens is 404 g/mol. The minimum atomic E-state index is -1.23. The van der Waals surface area contributed by atoms with E-state index in [1.54, 1.807) is 23.1 Å². The minimum absolute atomic E-state index is 0.211. The van der Waals surface area contributed by atoms with Gasteiger partial charge in [0.1, 0.15) is 17.0 Å². The van der Waals surface area contributed by atoms with Gasteiger partial charge in [0.05, 0.1) is 6.04 Å². The minimum Gasteiger partial charge on any atom is -0.507 e. The third kappa shape index (κ3) is 3.73. The van der Waals surface area contributed by atoms with Crippen molar-refractivity contribution in [1.82, 2.24) is 0 Å². The van der Waals surface area contributed by atoms with Gasteiger partial charge in [-0.1, -0.05) is 41.9 Å². The van der Waals surface area contributed by atoms with Crippen molar-refractivity contribution in [3.8, 4) is 5.75 Å².